The Morgan fingerprint density at radius 1 is 0.882 bits per heavy atom. The first-order chi connectivity index (χ1) is 16.2. The molecule has 0 radical (unpaired) electrons. The summed E-state index contributed by atoms with van der Waals surface area (Å²) in [5, 5.41) is 11.1. The molecule has 0 atom stereocenters. The van der Waals surface area contributed by atoms with Crippen LogP contribution in [-0.4, -0.2) is 43.0 Å². The number of amides is 1. The molecule has 0 bridgehead atoms. The third kappa shape index (κ3) is 5.63. The van der Waals surface area contributed by atoms with Gasteiger partial charge in [0.25, 0.3) is 5.91 Å². The lowest BCUT2D eigenvalue weighted by Crippen LogP contribution is -2.47. The number of nitrogens with zero attached hydrogens (tertiary/aromatic N) is 1. The highest BCUT2D eigenvalue weighted by Gasteiger charge is 2.34. The van der Waals surface area contributed by atoms with Crippen LogP contribution in [0.2, 0.25) is 10.0 Å². The summed E-state index contributed by atoms with van der Waals surface area (Å²) >= 11 is 12.0. The average Bonchev–Trinajstić information content (AvgIpc) is 2.81. The van der Waals surface area contributed by atoms with Crippen molar-refractivity contribution in [2.75, 3.05) is 13.1 Å². The van der Waals surface area contributed by atoms with E-state index in [1.54, 1.807) is 35.2 Å². The third-order valence-corrected chi connectivity index (χ3v) is 8.82. The molecule has 0 saturated carbocycles. The average molecular weight is 518 g/mol. The third-order valence-electron chi connectivity index (χ3n) is 6.17. The first-order valence-corrected chi connectivity index (χ1v) is 13.4. The van der Waals surface area contributed by atoms with Gasteiger partial charge >= 0.3 is 0 Å². The van der Waals surface area contributed by atoms with Crippen molar-refractivity contribution >= 4 is 38.9 Å². The van der Waals surface area contributed by atoms with Gasteiger partial charge in [0.2, 0.25) is 0 Å². The Kier molecular flexibility index (Phi) is 7.33. The Balaban J connectivity index is 1.38. The van der Waals surface area contributed by atoms with Gasteiger partial charge in [0, 0.05) is 25.1 Å². The monoisotopic (exact) mass is 517 g/mol. The molecule has 1 amide bonds. The Labute approximate surface area is 209 Å². The van der Waals surface area contributed by atoms with E-state index < -0.39 is 15.4 Å². The maximum absolute atomic E-state index is 13.0. The number of hydrogen-bond donors (Lipinski definition) is 1. The van der Waals surface area contributed by atoms with Crippen LogP contribution in [0, 0.1) is 0 Å². The lowest BCUT2D eigenvalue weighted by Gasteiger charge is -2.38. The Hall–Kier alpha value is -2.38. The van der Waals surface area contributed by atoms with Crippen molar-refractivity contribution in [3.63, 3.8) is 0 Å². The van der Waals surface area contributed by atoms with Gasteiger partial charge in [-0.2, -0.15) is 0 Å². The summed E-state index contributed by atoms with van der Waals surface area (Å²) in [4.78, 5) is 14.7. The van der Waals surface area contributed by atoms with E-state index in [1.807, 2.05) is 30.3 Å². The molecule has 3 aromatic rings. The molecule has 1 aliphatic rings. The summed E-state index contributed by atoms with van der Waals surface area (Å²) in [6, 6.07) is 20.9. The van der Waals surface area contributed by atoms with Crippen molar-refractivity contribution in [3.8, 4) is 0 Å². The lowest BCUT2D eigenvalue weighted by atomic mass is 9.85. The number of carbonyl (C=O) groups is 1. The van der Waals surface area contributed by atoms with E-state index in [9.17, 15) is 18.3 Å². The zero-order valence-corrected chi connectivity index (χ0v) is 20.8. The van der Waals surface area contributed by atoms with Crippen LogP contribution in [0.25, 0.3) is 0 Å². The van der Waals surface area contributed by atoms with Crippen LogP contribution in [0.5, 0.6) is 0 Å². The number of sulfone groups is 1. The molecule has 0 spiro atoms. The molecule has 3 aromatic carbocycles. The Morgan fingerprint density at radius 3 is 2.18 bits per heavy atom. The van der Waals surface area contributed by atoms with Crippen LogP contribution in [0.1, 0.15) is 34.3 Å². The molecule has 1 saturated heterocycles. The topological polar surface area (TPSA) is 74.7 Å². The van der Waals surface area contributed by atoms with E-state index in [1.165, 1.54) is 12.1 Å². The van der Waals surface area contributed by atoms with Crippen molar-refractivity contribution < 1.29 is 18.3 Å². The molecule has 34 heavy (non-hydrogen) atoms. The summed E-state index contributed by atoms with van der Waals surface area (Å²) < 4.78 is 25.6. The van der Waals surface area contributed by atoms with Crippen LogP contribution >= 0.6 is 23.2 Å². The zero-order valence-electron chi connectivity index (χ0n) is 18.5. The normalized spacial score (nSPS) is 15.8. The molecule has 0 aromatic heterocycles. The number of halogens is 2. The fraction of sp³-hybridized carbons (Fsp3) is 0.269. The van der Waals surface area contributed by atoms with Gasteiger partial charge in [-0.3, -0.25) is 4.79 Å². The van der Waals surface area contributed by atoms with E-state index in [4.69, 9.17) is 23.2 Å². The van der Waals surface area contributed by atoms with Crippen molar-refractivity contribution in [3.05, 3.63) is 99.5 Å². The summed E-state index contributed by atoms with van der Waals surface area (Å²) in [5.41, 5.74) is 1.28. The second-order valence-electron chi connectivity index (χ2n) is 8.69. The minimum Gasteiger partial charge on any atom is -0.389 e. The highest BCUT2D eigenvalue weighted by molar-refractivity contribution is 7.90. The Morgan fingerprint density at radius 2 is 1.53 bits per heavy atom. The molecule has 0 aliphatic carbocycles. The van der Waals surface area contributed by atoms with E-state index in [0.717, 1.165) is 5.56 Å². The first kappa shape index (κ1) is 24.7. The van der Waals surface area contributed by atoms with Gasteiger partial charge in [0.1, 0.15) is 0 Å². The van der Waals surface area contributed by atoms with E-state index in [2.05, 4.69) is 0 Å². The number of carbonyl (C=O) groups excluding carboxylic acids is 1. The molecule has 4 rings (SSSR count). The second-order valence-corrected chi connectivity index (χ2v) is 11.4. The fourth-order valence-corrected chi connectivity index (χ4v) is 6.39. The summed E-state index contributed by atoms with van der Waals surface area (Å²) in [6.45, 7) is 0.928. The van der Waals surface area contributed by atoms with Crippen LogP contribution < -0.4 is 0 Å². The summed E-state index contributed by atoms with van der Waals surface area (Å²) in [6.07, 6.45) is 1.57. The van der Waals surface area contributed by atoms with Gasteiger partial charge in [-0.25, -0.2) is 8.42 Å². The van der Waals surface area contributed by atoms with Crippen molar-refractivity contribution in [1.29, 1.82) is 0 Å². The van der Waals surface area contributed by atoms with Crippen molar-refractivity contribution in [1.82, 2.24) is 4.90 Å². The standard InChI is InChI=1S/C26H25Cl2NO4S/c27-22-7-4-8-23(24(22)28)34(32,33)18-20-9-11-21(12-10-20)25(30)29-15-13-26(31,14-16-29)17-19-5-2-1-3-6-19/h1-12,31H,13-18H2. The largest absolute Gasteiger partial charge is 0.389 e. The summed E-state index contributed by atoms with van der Waals surface area (Å²) in [7, 11) is -3.70. The minimum atomic E-state index is -3.70. The maximum Gasteiger partial charge on any atom is 0.253 e. The number of rotatable bonds is 6. The molecular formula is C26H25Cl2NO4S. The number of hydrogen-bond acceptors (Lipinski definition) is 4. The Bertz CT molecular complexity index is 1270. The lowest BCUT2D eigenvalue weighted by molar-refractivity contribution is -0.0162. The number of piperidine rings is 1. The van der Waals surface area contributed by atoms with E-state index in [0.29, 0.717) is 43.5 Å². The minimum absolute atomic E-state index is 0.00767. The van der Waals surface area contributed by atoms with Gasteiger partial charge in [-0.15, -0.1) is 0 Å². The molecular weight excluding hydrogens is 493 g/mol. The fourth-order valence-electron chi connectivity index (χ4n) is 4.23. The van der Waals surface area contributed by atoms with Crippen LogP contribution in [0.4, 0.5) is 0 Å². The number of benzene rings is 3. The van der Waals surface area contributed by atoms with Gasteiger partial charge in [0.15, 0.2) is 9.84 Å². The quantitative estimate of drug-likeness (QED) is 0.488. The molecule has 1 N–H and O–H groups in total. The number of likely N-dealkylation sites (tertiary alicyclic amines) is 1. The van der Waals surface area contributed by atoms with Crippen LogP contribution in [0.3, 0.4) is 0 Å². The van der Waals surface area contributed by atoms with Gasteiger partial charge in [-0.1, -0.05) is 71.7 Å². The predicted molar refractivity (Wildman–Crippen MR) is 134 cm³/mol. The van der Waals surface area contributed by atoms with Crippen LogP contribution in [-0.2, 0) is 22.0 Å². The molecule has 0 unspecified atom stereocenters. The van der Waals surface area contributed by atoms with Crippen LogP contribution in [0.15, 0.2) is 77.7 Å². The molecule has 1 aliphatic heterocycles. The summed E-state index contributed by atoms with van der Waals surface area (Å²) in [5.74, 6) is -0.383. The highest BCUT2D eigenvalue weighted by Crippen LogP contribution is 2.31. The number of aliphatic hydroxyl groups is 1. The molecule has 1 heterocycles. The van der Waals surface area contributed by atoms with Crippen molar-refractivity contribution in [2.45, 2.75) is 35.5 Å². The highest BCUT2D eigenvalue weighted by atomic mass is 35.5. The molecule has 8 heteroatoms. The van der Waals surface area contributed by atoms with E-state index >= 15 is 0 Å². The van der Waals surface area contributed by atoms with E-state index in [-0.39, 0.29) is 26.6 Å². The van der Waals surface area contributed by atoms with Gasteiger partial charge < -0.3 is 10.0 Å². The van der Waals surface area contributed by atoms with Crippen molar-refractivity contribution in [2.24, 2.45) is 0 Å². The maximum atomic E-state index is 13.0. The SMILES string of the molecule is O=C(c1ccc(CS(=O)(=O)c2cccc(Cl)c2Cl)cc1)N1CCC(O)(Cc2ccccc2)CC1. The zero-order chi connectivity index (χ0) is 24.3. The molecule has 5 nitrogen and oxygen atoms in total. The smallest absolute Gasteiger partial charge is 0.253 e. The molecule has 178 valence electrons. The first-order valence-electron chi connectivity index (χ1n) is 11.0. The predicted octanol–water partition coefficient (Wildman–Crippen LogP) is 5.18. The second kappa shape index (κ2) is 10.1. The molecule has 1 fully saturated rings. The van der Waals surface area contributed by atoms with Gasteiger partial charge in [-0.05, 0) is 48.2 Å². The van der Waals surface area contributed by atoms with Gasteiger partial charge in [0.05, 0.1) is 26.3 Å².